The van der Waals surface area contributed by atoms with E-state index in [0.717, 1.165) is 0 Å². The molecule has 0 aliphatic carbocycles. The normalized spacial score (nSPS) is 42.2. The topological polar surface area (TPSA) is 298 Å². The minimum Gasteiger partial charge on any atom is -0.459 e. The van der Waals surface area contributed by atoms with E-state index in [1.54, 1.807) is 30.3 Å². The first-order chi connectivity index (χ1) is 37.5. The lowest BCUT2D eigenvalue weighted by Gasteiger charge is -2.52. The number of methoxy groups -OCH3 is 12. The molecule has 6 fully saturated rings. The summed E-state index contributed by atoms with van der Waals surface area (Å²) in [6, 6.07) is 7.56. The number of rotatable bonds is 27. The first kappa shape index (κ1) is 61.7. The van der Waals surface area contributed by atoms with Crippen LogP contribution in [-0.4, -0.2) is 283 Å². The summed E-state index contributed by atoms with van der Waals surface area (Å²) in [4.78, 5) is 15.9. The Morgan fingerprint density at radius 3 is 1.29 bits per heavy atom. The lowest BCUT2D eigenvalue weighted by molar-refractivity contribution is -0.396. The number of carbonyl (C=O) groups excluding carboxylic acids is 1. The van der Waals surface area contributed by atoms with E-state index >= 15 is 0 Å². The van der Waals surface area contributed by atoms with Crippen LogP contribution < -0.4 is 0 Å². The highest BCUT2D eigenvalue weighted by molar-refractivity contribution is 5.89. The number of hydrogen-bond acceptors (Lipinski definition) is 26. The molecule has 28 heteroatoms. The molecule has 77 heavy (non-hydrogen) atoms. The Morgan fingerprint density at radius 1 is 0.506 bits per heavy atom. The number of aliphatic hydroxyl groups is 1. The molecule has 10 unspecified atom stereocenters. The van der Waals surface area contributed by atoms with Crippen molar-refractivity contribution in [2.45, 2.75) is 153 Å². The third-order valence-electron chi connectivity index (χ3n) is 14.6. The van der Waals surface area contributed by atoms with Crippen LogP contribution in [0.2, 0.25) is 0 Å². The van der Waals surface area contributed by atoms with Crippen molar-refractivity contribution in [3.63, 3.8) is 0 Å². The molecule has 2 bridgehead atoms. The third kappa shape index (κ3) is 13.5. The summed E-state index contributed by atoms with van der Waals surface area (Å²) in [5.74, 6) is -0.614. The Kier molecular flexibility index (Phi) is 23.8. The van der Waals surface area contributed by atoms with Crippen LogP contribution in [0.25, 0.3) is 10.4 Å². The SMILES string of the molecule is COCC1O[C@@H](O[C@H]2C(OC)C(OC)[C@@H](O[C@H]3C(OC)C(OC)[C@H](O[C@H]4C5CO[C@H](O5)[C@@H](N=[N+]=[N-])C4OC)O[C@H]3COC)O[C@H]2COC)[C@@H](OC)C(OC)[C@@H]1O[C@@H]1OC(COC(=O)c2ccccc2)[C@@H](O)C(OC)[C@@H]1OC. The predicted octanol–water partition coefficient (Wildman–Crippen LogP) is 0.153. The van der Waals surface area contributed by atoms with Gasteiger partial charge in [0.05, 0.1) is 38.1 Å². The van der Waals surface area contributed by atoms with Gasteiger partial charge in [0.25, 0.3) is 0 Å². The van der Waals surface area contributed by atoms with Crippen molar-refractivity contribution >= 4 is 5.97 Å². The van der Waals surface area contributed by atoms with Crippen LogP contribution in [0.5, 0.6) is 0 Å². The molecule has 0 amide bonds. The second-order valence-corrected chi connectivity index (χ2v) is 18.8. The van der Waals surface area contributed by atoms with Crippen molar-refractivity contribution in [1.82, 2.24) is 0 Å². The molecule has 7 rings (SSSR count). The highest BCUT2D eigenvalue weighted by Gasteiger charge is 2.59. The summed E-state index contributed by atoms with van der Waals surface area (Å²) in [5.41, 5.74) is 9.67. The fourth-order valence-corrected chi connectivity index (χ4v) is 11.0. The fraction of sp³-hybridized carbons (Fsp3) is 0.857. The maximum Gasteiger partial charge on any atom is 0.338 e. The summed E-state index contributed by atoms with van der Waals surface area (Å²) in [6.07, 6.45) is -23.4. The predicted molar refractivity (Wildman–Crippen MR) is 257 cm³/mol. The van der Waals surface area contributed by atoms with Gasteiger partial charge in [-0.3, -0.25) is 0 Å². The molecule has 6 aliphatic heterocycles. The van der Waals surface area contributed by atoms with E-state index < -0.39 is 159 Å². The molecule has 0 saturated carbocycles. The van der Waals surface area contributed by atoms with Gasteiger partial charge in [-0.2, -0.15) is 0 Å². The summed E-state index contributed by atoms with van der Waals surface area (Å²) in [5, 5.41) is 15.3. The Morgan fingerprint density at radius 2 is 0.896 bits per heavy atom. The van der Waals surface area contributed by atoms with Gasteiger partial charge in [-0.15, -0.1) is 0 Å². The number of aliphatic hydroxyl groups excluding tert-OH is 1. The van der Waals surface area contributed by atoms with Crippen molar-refractivity contribution < 1.29 is 119 Å². The lowest BCUT2D eigenvalue weighted by atomic mass is 9.94. The maximum atomic E-state index is 12.9. The van der Waals surface area contributed by atoms with E-state index in [1.807, 2.05) is 0 Å². The van der Waals surface area contributed by atoms with Gasteiger partial charge < -0.3 is 114 Å². The Bertz CT molecular complexity index is 1970. The van der Waals surface area contributed by atoms with Crippen LogP contribution >= 0.6 is 0 Å². The first-order valence-corrected chi connectivity index (χ1v) is 25.1. The van der Waals surface area contributed by atoms with Crippen LogP contribution in [-0.2, 0) is 109 Å². The zero-order chi connectivity index (χ0) is 55.3. The number of fused-ring (bicyclic) bond motifs is 2. The third-order valence-corrected chi connectivity index (χ3v) is 14.6. The maximum absolute atomic E-state index is 12.9. The van der Waals surface area contributed by atoms with Crippen molar-refractivity contribution in [2.75, 3.05) is 118 Å². The lowest BCUT2D eigenvalue weighted by Crippen LogP contribution is -2.69. The second kappa shape index (κ2) is 29.7. The molecular formula is C49H77N3O25. The summed E-state index contributed by atoms with van der Waals surface area (Å²) in [6.45, 7) is -0.257. The molecule has 438 valence electrons. The Balaban J connectivity index is 1.09. The van der Waals surface area contributed by atoms with Crippen LogP contribution in [0.4, 0.5) is 0 Å². The van der Waals surface area contributed by atoms with Gasteiger partial charge in [0.1, 0.15) is 123 Å². The van der Waals surface area contributed by atoms with E-state index in [1.165, 1.54) is 85.3 Å². The van der Waals surface area contributed by atoms with Crippen LogP contribution in [0.3, 0.4) is 0 Å². The van der Waals surface area contributed by atoms with Gasteiger partial charge in [0.15, 0.2) is 31.5 Å². The monoisotopic (exact) mass is 1110 g/mol. The molecule has 25 atom stereocenters. The molecule has 6 aliphatic rings. The number of hydrogen-bond donors (Lipinski definition) is 1. The number of esters is 1. The fourth-order valence-electron chi connectivity index (χ4n) is 11.0. The minimum absolute atomic E-state index is 0.00108. The highest BCUT2D eigenvalue weighted by atomic mass is 16.8. The number of azide groups is 1. The molecule has 0 radical (unpaired) electrons. The van der Waals surface area contributed by atoms with Crippen LogP contribution in [0, 0.1) is 0 Å². The van der Waals surface area contributed by atoms with Crippen LogP contribution in [0.1, 0.15) is 10.4 Å². The quantitative estimate of drug-likeness (QED) is 0.0531. The van der Waals surface area contributed by atoms with Crippen molar-refractivity contribution in [3.8, 4) is 0 Å². The molecule has 1 aromatic carbocycles. The molecule has 0 aromatic heterocycles. The van der Waals surface area contributed by atoms with E-state index in [9.17, 15) is 15.4 Å². The van der Waals surface area contributed by atoms with Crippen molar-refractivity contribution in [1.29, 1.82) is 0 Å². The number of benzene rings is 1. The summed E-state index contributed by atoms with van der Waals surface area (Å²) in [7, 11) is 17.7. The van der Waals surface area contributed by atoms with Gasteiger partial charge >= 0.3 is 5.97 Å². The number of carbonyl (C=O) groups is 1. The standard InChI is InChI=1S/C49H77N3O25/c1-55-18-25-32(75-46-40(63-9)36(59-5)30(53)24(69-46)21-67-44(54)23-16-14-13-15-17-23)37(60-6)42(65-11)48(72-25)77-34-27(20-57-3)73-49(43(66-12)39(34)62-8)76-33-26(19-56-2)71-47(41(64-10)38(33)61-7)74-31-28-22-68-45(70-28)29(51-52-50)35(31)58-4/h13-17,24-43,45-49,53H,18-22H2,1-12H3/t24?,25?,26-,27-,28?,29-,30+,31-,32+,33+,34+,35?,36?,37?,38?,39?,40-,41?,42-,43?,45+,46-,47-,48-,49+/m0/s1. The zero-order valence-electron chi connectivity index (χ0n) is 45.4. The minimum atomic E-state index is -1.29. The number of ether oxygens (including phenoxy) is 23. The van der Waals surface area contributed by atoms with Gasteiger partial charge in [0, 0.05) is 90.2 Å². The summed E-state index contributed by atoms with van der Waals surface area (Å²) >= 11 is 0. The average Bonchev–Trinajstić information content (AvgIpc) is 3.90. The van der Waals surface area contributed by atoms with Crippen LogP contribution in [0.15, 0.2) is 35.4 Å². The molecule has 1 N–H and O–H groups in total. The van der Waals surface area contributed by atoms with E-state index in [-0.39, 0.29) is 33.0 Å². The van der Waals surface area contributed by atoms with Gasteiger partial charge in [-0.25, -0.2) is 4.79 Å². The Hall–Kier alpha value is -2.92. The zero-order valence-corrected chi connectivity index (χ0v) is 45.4. The Labute approximate surface area is 447 Å². The van der Waals surface area contributed by atoms with E-state index in [4.69, 9.17) is 109 Å². The van der Waals surface area contributed by atoms with E-state index in [2.05, 4.69) is 10.0 Å². The largest absolute Gasteiger partial charge is 0.459 e. The summed E-state index contributed by atoms with van der Waals surface area (Å²) < 4.78 is 142. The van der Waals surface area contributed by atoms with Crippen molar-refractivity contribution in [2.24, 2.45) is 5.11 Å². The van der Waals surface area contributed by atoms with E-state index in [0.29, 0.717) is 5.56 Å². The second-order valence-electron chi connectivity index (χ2n) is 18.8. The molecule has 28 nitrogen and oxygen atoms in total. The van der Waals surface area contributed by atoms with Crippen molar-refractivity contribution in [3.05, 3.63) is 46.3 Å². The highest BCUT2D eigenvalue weighted by Crippen LogP contribution is 2.40. The molecular weight excluding hydrogens is 1030 g/mol. The molecule has 6 heterocycles. The molecule has 1 aromatic rings. The molecule has 6 saturated heterocycles. The first-order valence-electron chi connectivity index (χ1n) is 25.1. The van der Waals surface area contributed by atoms with Gasteiger partial charge in [-0.1, -0.05) is 23.3 Å². The average molecular weight is 1110 g/mol. The molecule has 0 spiro atoms. The smallest absolute Gasteiger partial charge is 0.338 e. The number of nitrogens with zero attached hydrogens (tertiary/aromatic N) is 3. The van der Waals surface area contributed by atoms with Gasteiger partial charge in [-0.05, 0) is 17.7 Å². The van der Waals surface area contributed by atoms with Gasteiger partial charge in [0.2, 0.25) is 0 Å².